The fourth-order valence-corrected chi connectivity index (χ4v) is 4.30. The van der Waals surface area contributed by atoms with E-state index >= 15 is 0 Å². The third kappa shape index (κ3) is 4.18. The standard InChI is InChI=1S/C25H30N2O5/c1-5-26-8-10-27(11-9-26)15-19-20(28)12-16(2)23-24(29)22(32-25(19)23)13-17-6-7-18(30-3)14-21(17)31-4/h6-7,12-14,28H,5,8-11,15H2,1-4H3/b22-13-. The van der Waals surface area contributed by atoms with Gasteiger partial charge < -0.3 is 24.2 Å². The number of carbonyl (C=O) groups is 1. The second-order valence-electron chi connectivity index (χ2n) is 8.15. The Morgan fingerprint density at radius 2 is 1.81 bits per heavy atom. The molecule has 1 fully saturated rings. The zero-order chi connectivity index (χ0) is 22.8. The molecule has 0 unspecified atom stereocenters. The molecule has 0 aliphatic carbocycles. The number of benzene rings is 2. The second-order valence-corrected chi connectivity index (χ2v) is 8.15. The van der Waals surface area contributed by atoms with Crippen LogP contribution in [-0.4, -0.2) is 67.6 Å². The first-order valence-corrected chi connectivity index (χ1v) is 10.9. The Morgan fingerprint density at radius 3 is 2.47 bits per heavy atom. The van der Waals surface area contributed by atoms with Crippen molar-refractivity contribution in [2.24, 2.45) is 0 Å². The van der Waals surface area contributed by atoms with Gasteiger partial charge in [-0.25, -0.2) is 0 Å². The van der Waals surface area contributed by atoms with Crippen LogP contribution in [0.4, 0.5) is 0 Å². The van der Waals surface area contributed by atoms with Gasteiger partial charge in [0.05, 0.1) is 25.3 Å². The van der Waals surface area contributed by atoms with Gasteiger partial charge in [0.15, 0.2) is 5.76 Å². The summed E-state index contributed by atoms with van der Waals surface area (Å²) in [7, 11) is 3.16. The number of carbonyl (C=O) groups excluding carboxylic acids is 1. The molecule has 4 rings (SSSR count). The highest BCUT2D eigenvalue weighted by atomic mass is 16.5. The molecule has 170 valence electrons. The molecule has 0 radical (unpaired) electrons. The number of piperazine rings is 1. The average molecular weight is 439 g/mol. The normalized spacial score (nSPS) is 18.0. The van der Waals surface area contributed by atoms with Gasteiger partial charge >= 0.3 is 0 Å². The molecule has 0 spiro atoms. The lowest BCUT2D eigenvalue weighted by atomic mass is 9.99. The molecule has 0 bridgehead atoms. The van der Waals surface area contributed by atoms with E-state index in [1.807, 2.05) is 13.0 Å². The van der Waals surface area contributed by atoms with E-state index in [9.17, 15) is 9.90 Å². The van der Waals surface area contributed by atoms with Gasteiger partial charge in [0, 0.05) is 44.4 Å². The molecule has 0 aromatic heterocycles. The molecule has 7 nitrogen and oxygen atoms in total. The van der Waals surface area contributed by atoms with Gasteiger partial charge in [-0.1, -0.05) is 6.92 Å². The maximum absolute atomic E-state index is 13.2. The number of likely N-dealkylation sites (N-methyl/N-ethyl adjacent to an activating group) is 1. The highest BCUT2D eigenvalue weighted by Crippen LogP contribution is 2.43. The van der Waals surface area contributed by atoms with Gasteiger partial charge in [-0.3, -0.25) is 9.69 Å². The lowest BCUT2D eigenvalue weighted by Gasteiger charge is -2.34. The third-order valence-corrected chi connectivity index (χ3v) is 6.24. The molecular weight excluding hydrogens is 408 g/mol. The third-order valence-electron chi connectivity index (χ3n) is 6.24. The first-order chi connectivity index (χ1) is 15.4. The lowest BCUT2D eigenvalue weighted by molar-refractivity contribution is 0.101. The molecule has 32 heavy (non-hydrogen) atoms. The minimum absolute atomic E-state index is 0.162. The Labute approximate surface area is 188 Å². The Morgan fingerprint density at radius 1 is 1.09 bits per heavy atom. The summed E-state index contributed by atoms with van der Waals surface area (Å²) in [6.45, 7) is 9.38. The maximum atomic E-state index is 13.2. The lowest BCUT2D eigenvalue weighted by Crippen LogP contribution is -2.45. The number of methoxy groups -OCH3 is 2. The van der Waals surface area contributed by atoms with Crippen molar-refractivity contribution in [2.75, 3.05) is 46.9 Å². The van der Waals surface area contributed by atoms with Crippen LogP contribution in [0, 0.1) is 6.92 Å². The molecule has 2 heterocycles. The number of phenols is 1. The summed E-state index contributed by atoms with van der Waals surface area (Å²) in [5.74, 6) is 1.90. The van der Waals surface area contributed by atoms with Crippen LogP contribution in [0.3, 0.4) is 0 Å². The molecule has 1 saturated heterocycles. The summed E-state index contributed by atoms with van der Waals surface area (Å²) in [5.41, 5.74) is 2.59. The largest absolute Gasteiger partial charge is 0.507 e. The van der Waals surface area contributed by atoms with E-state index in [0.717, 1.165) is 32.7 Å². The zero-order valence-electron chi connectivity index (χ0n) is 19.1. The first kappa shape index (κ1) is 22.2. The minimum atomic E-state index is -0.188. The number of ketones is 1. The van der Waals surface area contributed by atoms with Gasteiger partial charge in [-0.15, -0.1) is 0 Å². The maximum Gasteiger partial charge on any atom is 0.232 e. The van der Waals surface area contributed by atoms with E-state index in [0.29, 0.717) is 46.0 Å². The number of rotatable bonds is 6. The summed E-state index contributed by atoms with van der Waals surface area (Å²) < 4.78 is 16.8. The number of allylic oxidation sites excluding steroid dienone is 1. The highest BCUT2D eigenvalue weighted by molar-refractivity contribution is 6.16. The molecule has 1 N–H and O–H groups in total. The molecule has 2 aliphatic rings. The van der Waals surface area contributed by atoms with E-state index in [-0.39, 0.29) is 17.3 Å². The van der Waals surface area contributed by atoms with Crippen molar-refractivity contribution in [2.45, 2.75) is 20.4 Å². The molecule has 2 aliphatic heterocycles. The van der Waals surface area contributed by atoms with Gasteiger partial charge in [-0.2, -0.15) is 0 Å². The molecule has 2 aromatic rings. The number of fused-ring (bicyclic) bond motifs is 1. The van der Waals surface area contributed by atoms with Crippen LogP contribution in [0.15, 0.2) is 30.0 Å². The summed E-state index contributed by atoms with van der Waals surface area (Å²) in [5, 5.41) is 10.7. The van der Waals surface area contributed by atoms with E-state index < -0.39 is 0 Å². The van der Waals surface area contributed by atoms with Gasteiger partial charge in [0.1, 0.15) is 23.0 Å². The number of ether oxygens (including phenoxy) is 3. The number of aryl methyl sites for hydroxylation is 1. The van der Waals surface area contributed by atoms with Crippen LogP contribution in [0.2, 0.25) is 0 Å². The fraction of sp³-hybridized carbons (Fsp3) is 0.400. The van der Waals surface area contributed by atoms with Crippen molar-refractivity contribution in [1.29, 1.82) is 0 Å². The van der Waals surface area contributed by atoms with Crippen LogP contribution in [0.5, 0.6) is 23.0 Å². The quantitative estimate of drug-likeness (QED) is 0.693. The van der Waals surface area contributed by atoms with Crippen molar-refractivity contribution in [3.63, 3.8) is 0 Å². The van der Waals surface area contributed by atoms with E-state index in [1.165, 1.54) is 0 Å². The van der Waals surface area contributed by atoms with Crippen molar-refractivity contribution in [1.82, 2.24) is 9.80 Å². The summed E-state index contributed by atoms with van der Waals surface area (Å²) in [6, 6.07) is 7.05. The number of hydrogen-bond acceptors (Lipinski definition) is 7. The van der Waals surface area contributed by atoms with Crippen LogP contribution in [0.1, 0.15) is 34.0 Å². The van der Waals surface area contributed by atoms with E-state index in [4.69, 9.17) is 14.2 Å². The second kappa shape index (κ2) is 9.22. The molecule has 0 saturated carbocycles. The van der Waals surface area contributed by atoms with Crippen molar-refractivity contribution < 1.29 is 24.1 Å². The first-order valence-electron chi connectivity index (χ1n) is 10.9. The molecule has 0 amide bonds. The van der Waals surface area contributed by atoms with Crippen molar-refractivity contribution in [3.05, 3.63) is 52.3 Å². The summed E-state index contributed by atoms with van der Waals surface area (Å²) in [4.78, 5) is 17.9. The minimum Gasteiger partial charge on any atom is -0.507 e. The Balaban J connectivity index is 1.65. The fourth-order valence-electron chi connectivity index (χ4n) is 4.30. The molecule has 2 aromatic carbocycles. The highest BCUT2D eigenvalue weighted by Gasteiger charge is 2.34. The van der Waals surface area contributed by atoms with Crippen molar-refractivity contribution in [3.8, 4) is 23.0 Å². The smallest absolute Gasteiger partial charge is 0.232 e. The number of nitrogens with zero attached hydrogens (tertiary/aromatic N) is 2. The Hall–Kier alpha value is -3.03. The predicted octanol–water partition coefficient (Wildman–Crippen LogP) is 3.47. The molecular formula is C25H30N2O5. The topological polar surface area (TPSA) is 71.5 Å². The van der Waals surface area contributed by atoms with E-state index in [2.05, 4.69) is 16.7 Å². The Kier molecular flexibility index (Phi) is 6.39. The monoisotopic (exact) mass is 438 g/mol. The van der Waals surface area contributed by atoms with Crippen LogP contribution in [0.25, 0.3) is 6.08 Å². The number of aromatic hydroxyl groups is 1. The van der Waals surface area contributed by atoms with Crippen LogP contribution in [-0.2, 0) is 6.54 Å². The summed E-state index contributed by atoms with van der Waals surface area (Å²) in [6.07, 6.45) is 1.68. The SMILES string of the molecule is CCN1CCN(Cc2c(O)cc(C)c3c2O/C(=C\c2ccc(OC)cc2OC)C3=O)CC1. The summed E-state index contributed by atoms with van der Waals surface area (Å²) >= 11 is 0. The average Bonchev–Trinajstić information content (AvgIpc) is 3.13. The molecule has 7 heteroatoms. The van der Waals surface area contributed by atoms with Crippen LogP contribution >= 0.6 is 0 Å². The van der Waals surface area contributed by atoms with Gasteiger partial charge in [-0.05, 0) is 43.3 Å². The van der Waals surface area contributed by atoms with Crippen LogP contribution < -0.4 is 14.2 Å². The predicted molar refractivity (Wildman–Crippen MR) is 123 cm³/mol. The number of Topliss-reactive ketones (excluding diaryl/α,β-unsaturated/α-hetero) is 1. The molecule has 0 atom stereocenters. The number of hydrogen-bond donors (Lipinski definition) is 1. The zero-order valence-corrected chi connectivity index (χ0v) is 19.1. The van der Waals surface area contributed by atoms with Crippen molar-refractivity contribution >= 4 is 11.9 Å². The van der Waals surface area contributed by atoms with Gasteiger partial charge in [0.2, 0.25) is 5.78 Å². The van der Waals surface area contributed by atoms with Gasteiger partial charge in [0.25, 0.3) is 0 Å². The number of phenolic OH excluding ortho intramolecular Hbond substituents is 1. The van der Waals surface area contributed by atoms with E-state index in [1.54, 1.807) is 38.5 Å². The Bertz CT molecular complexity index is 1050.